The lowest BCUT2D eigenvalue weighted by atomic mass is 10.2. The van der Waals surface area contributed by atoms with Crippen LogP contribution in [-0.2, 0) is 16.3 Å². The smallest absolute Gasteiger partial charge is 0.124 e. The van der Waals surface area contributed by atoms with E-state index in [1.807, 2.05) is 6.92 Å². The van der Waals surface area contributed by atoms with Crippen LogP contribution in [0.3, 0.4) is 0 Å². The molecule has 0 saturated carbocycles. The second-order valence-electron chi connectivity index (χ2n) is 8.73. The van der Waals surface area contributed by atoms with Crippen LogP contribution in [0.2, 0.25) is 0 Å². The molecular weight excluding hydrogens is 495 g/mol. The molecule has 5 aromatic rings. The molecule has 0 saturated heterocycles. The van der Waals surface area contributed by atoms with Crippen molar-refractivity contribution < 1.29 is 13.0 Å². The minimum atomic E-state index is -4.27. The number of benzene rings is 5. The Kier molecular flexibility index (Phi) is 8.68. The van der Waals surface area contributed by atoms with Gasteiger partial charge in [0.05, 0.1) is 11.1 Å². The minimum Gasteiger partial charge on any atom is -0.744 e. The molecule has 0 atom stereocenters. The van der Waals surface area contributed by atoms with Crippen molar-refractivity contribution in [2.75, 3.05) is 0 Å². The van der Waals surface area contributed by atoms with Gasteiger partial charge < -0.3 is 4.55 Å². The molecule has 0 aliphatic heterocycles. The van der Waals surface area contributed by atoms with Crippen LogP contribution < -0.4 is 15.9 Å². The van der Waals surface area contributed by atoms with E-state index in [0.717, 1.165) is 11.7 Å². The largest absolute Gasteiger partial charge is 0.744 e. The van der Waals surface area contributed by atoms with Crippen LogP contribution in [0.1, 0.15) is 11.1 Å². The van der Waals surface area contributed by atoms with E-state index in [0.29, 0.717) is 0 Å². The van der Waals surface area contributed by atoms with Crippen molar-refractivity contribution in [1.29, 1.82) is 0 Å². The van der Waals surface area contributed by atoms with Gasteiger partial charge in [0.1, 0.15) is 33.3 Å². The van der Waals surface area contributed by atoms with E-state index in [2.05, 4.69) is 121 Å². The van der Waals surface area contributed by atoms with Crippen molar-refractivity contribution in [2.24, 2.45) is 0 Å². The normalized spacial score (nSPS) is 11.3. The van der Waals surface area contributed by atoms with Gasteiger partial charge in [0.25, 0.3) is 0 Å². The highest BCUT2D eigenvalue weighted by Crippen LogP contribution is 2.58. The van der Waals surface area contributed by atoms with Gasteiger partial charge in [-0.25, -0.2) is 8.42 Å². The molecule has 0 fully saturated rings. The standard InChI is InChI=1S/C25H22P.C7H8O3S/c1-5-13-22(14-6-1)21-26(23-15-7-2-8-16-23,24-17-9-3-10-18-24)25-19-11-4-12-20-25;1-6-2-4-7(5-3-6)11(8,9)10/h1-20H,21H2;2-5H,1H3,(H,8,9,10)/q+1;/p-1. The third-order valence-electron chi connectivity index (χ3n) is 6.16. The first kappa shape index (κ1) is 26.5. The first-order chi connectivity index (χ1) is 17.9. The molecule has 0 aliphatic rings. The van der Waals surface area contributed by atoms with Gasteiger partial charge in [0, 0.05) is 0 Å². The van der Waals surface area contributed by atoms with Crippen molar-refractivity contribution in [3.63, 3.8) is 0 Å². The molecule has 0 N–H and O–H groups in total. The van der Waals surface area contributed by atoms with E-state index < -0.39 is 17.4 Å². The fourth-order valence-electron chi connectivity index (χ4n) is 4.33. The average molecular weight is 525 g/mol. The summed E-state index contributed by atoms with van der Waals surface area (Å²) in [6, 6.07) is 49.8. The monoisotopic (exact) mass is 524 g/mol. The summed E-state index contributed by atoms with van der Waals surface area (Å²) in [6.45, 7) is 1.82. The van der Waals surface area contributed by atoms with Crippen molar-refractivity contribution in [1.82, 2.24) is 0 Å². The molecule has 0 bridgehead atoms. The molecule has 5 aromatic carbocycles. The van der Waals surface area contributed by atoms with Gasteiger partial charge in [0.2, 0.25) is 0 Å². The van der Waals surface area contributed by atoms with Crippen LogP contribution in [0.15, 0.2) is 150 Å². The maximum atomic E-state index is 10.4. The van der Waals surface area contributed by atoms with E-state index >= 15 is 0 Å². The number of hydrogen-bond acceptors (Lipinski definition) is 3. The summed E-state index contributed by atoms with van der Waals surface area (Å²) in [5, 5.41) is 4.30. The van der Waals surface area contributed by atoms with Crippen LogP contribution in [-0.4, -0.2) is 13.0 Å². The summed E-state index contributed by atoms with van der Waals surface area (Å²) in [5.74, 6) is 0. The summed E-state index contributed by atoms with van der Waals surface area (Å²) in [6.07, 6.45) is 1.03. The van der Waals surface area contributed by atoms with Crippen molar-refractivity contribution in [3.8, 4) is 0 Å². The molecule has 0 spiro atoms. The summed E-state index contributed by atoms with van der Waals surface area (Å²) in [7, 11) is -6.04. The molecule has 3 nitrogen and oxygen atoms in total. The lowest BCUT2D eigenvalue weighted by Gasteiger charge is -2.27. The first-order valence-corrected chi connectivity index (χ1v) is 15.4. The van der Waals surface area contributed by atoms with Crippen molar-refractivity contribution in [2.45, 2.75) is 18.0 Å². The highest BCUT2D eigenvalue weighted by atomic mass is 32.2. The van der Waals surface area contributed by atoms with Gasteiger partial charge in [-0.2, -0.15) is 0 Å². The predicted octanol–water partition coefficient (Wildman–Crippen LogP) is 6.08. The molecule has 5 rings (SSSR count). The Labute approximate surface area is 220 Å². The molecule has 0 amide bonds. The topological polar surface area (TPSA) is 57.2 Å². The van der Waals surface area contributed by atoms with Gasteiger partial charge in [-0.3, -0.25) is 0 Å². The van der Waals surface area contributed by atoms with Crippen molar-refractivity contribution in [3.05, 3.63) is 157 Å². The highest BCUT2D eigenvalue weighted by molar-refractivity contribution is 7.95. The van der Waals surface area contributed by atoms with E-state index in [9.17, 15) is 13.0 Å². The van der Waals surface area contributed by atoms with Crippen LogP contribution in [0.25, 0.3) is 0 Å². The SMILES string of the molecule is Cc1ccc(S(=O)(=O)[O-])cc1.c1ccc(C[P+](c2ccccc2)(c2ccccc2)c2ccccc2)cc1. The minimum absolute atomic E-state index is 0.178. The first-order valence-electron chi connectivity index (χ1n) is 12.0. The molecule has 5 heteroatoms. The van der Waals surface area contributed by atoms with Gasteiger partial charge in [-0.15, -0.1) is 0 Å². The molecule has 0 radical (unpaired) electrons. The maximum absolute atomic E-state index is 10.4. The molecule has 0 aromatic heterocycles. The van der Waals surface area contributed by atoms with Gasteiger partial charge >= 0.3 is 0 Å². The van der Waals surface area contributed by atoms with Gasteiger partial charge in [0.15, 0.2) is 0 Å². The second kappa shape index (κ2) is 12.1. The molecule has 37 heavy (non-hydrogen) atoms. The Morgan fingerprint density at radius 1 is 0.541 bits per heavy atom. The summed E-state index contributed by atoms with van der Waals surface area (Å²) >= 11 is 0. The van der Waals surface area contributed by atoms with Crippen LogP contribution in [0.4, 0.5) is 0 Å². The second-order valence-corrected chi connectivity index (χ2v) is 13.6. The Balaban J connectivity index is 0.000000245. The third-order valence-corrected chi connectivity index (χ3v) is 11.4. The summed E-state index contributed by atoms with van der Waals surface area (Å²) in [5.41, 5.74) is 2.31. The zero-order valence-electron chi connectivity index (χ0n) is 20.6. The third kappa shape index (κ3) is 6.61. The number of hydrogen-bond donors (Lipinski definition) is 0. The van der Waals surface area contributed by atoms with Crippen molar-refractivity contribution >= 4 is 33.3 Å². The van der Waals surface area contributed by atoms with Gasteiger partial charge in [-0.1, -0.05) is 103 Å². The predicted molar refractivity (Wildman–Crippen MR) is 154 cm³/mol. The Morgan fingerprint density at radius 2 is 0.892 bits per heavy atom. The number of rotatable bonds is 6. The Morgan fingerprint density at radius 3 is 1.24 bits per heavy atom. The van der Waals surface area contributed by atoms with E-state index in [4.69, 9.17) is 0 Å². The quantitative estimate of drug-likeness (QED) is 0.200. The summed E-state index contributed by atoms with van der Waals surface area (Å²) in [4.78, 5) is -0.178. The van der Waals surface area contributed by atoms with Crippen LogP contribution >= 0.6 is 7.26 Å². The Bertz CT molecular complexity index is 1390. The lowest BCUT2D eigenvalue weighted by Crippen LogP contribution is -2.32. The molecular formula is C32H29O3PS. The zero-order valence-corrected chi connectivity index (χ0v) is 22.4. The number of aryl methyl sites for hydroxylation is 1. The lowest BCUT2D eigenvalue weighted by molar-refractivity contribution is 0.463. The zero-order chi connectivity index (χ0) is 26.1. The van der Waals surface area contributed by atoms with Gasteiger partial charge in [-0.05, 0) is 61.0 Å². The molecule has 0 unspecified atom stereocenters. The van der Waals surface area contributed by atoms with Crippen LogP contribution in [0.5, 0.6) is 0 Å². The molecule has 0 heterocycles. The fraction of sp³-hybridized carbons (Fsp3) is 0.0625. The molecule has 0 aliphatic carbocycles. The molecule has 186 valence electrons. The fourth-order valence-corrected chi connectivity index (χ4v) is 9.04. The van der Waals surface area contributed by atoms with E-state index in [-0.39, 0.29) is 4.90 Å². The van der Waals surface area contributed by atoms with Crippen LogP contribution in [0, 0.1) is 6.92 Å². The van der Waals surface area contributed by atoms with E-state index in [1.165, 1.54) is 33.6 Å². The highest BCUT2D eigenvalue weighted by Gasteiger charge is 2.45. The summed E-state index contributed by atoms with van der Waals surface area (Å²) < 4.78 is 31.2. The maximum Gasteiger partial charge on any atom is 0.124 e. The van der Waals surface area contributed by atoms with E-state index in [1.54, 1.807) is 12.1 Å². The Hall–Kier alpha value is -3.56. The average Bonchev–Trinajstić information content (AvgIpc) is 2.94.